The Bertz CT molecular complexity index is 498. The van der Waals surface area contributed by atoms with Crippen molar-refractivity contribution >= 4 is 17.3 Å². The zero-order chi connectivity index (χ0) is 18.5. The number of hydrogen-bond donors (Lipinski definition) is 3. The Morgan fingerprint density at radius 3 is 2.28 bits per heavy atom. The van der Waals surface area contributed by atoms with Crippen molar-refractivity contribution < 1.29 is 9.90 Å². The van der Waals surface area contributed by atoms with Crippen molar-refractivity contribution in [1.82, 2.24) is 4.90 Å². The lowest BCUT2D eigenvalue weighted by Crippen LogP contribution is -2.27. The zero-order valence-corrected chi connectivity index (χ0v) is 15.9. The van der Waals surface area contributed by atoms with Crippen LogP contribution in [0.3, 0.4) is 0 Å². The van der Waals surface area contributed by atoms with Gasteiger partial charge in [-0.2, -0.15) is 0 Å². The summed E-state index contributed by atoms with van der Waals surface area (Å²) in [6.07, 6.45) is 8.64. The van der Waals surface area contributed by atoms with E-state index in [0.717, 1.165) is 25.8 Å². The number of carbonyl (C=O) groups excluding carboxylic acids is 1. The Labute approximate surface area is 152 Å². The number of hydrogen-bond acceptors (Lipinski definition) is 4. The van der Waals surface area contributed by atoms with Crippen LogP contribution >= 0.6 is 0 Å². The fourth-order valence-corrected chi connectivity index (χ4v) is 2.75. The van der Waals surface area contributed by atoms with Crippen molar-refractivity contribution in [3.05, 3.63) is 18.2 Å². The number of aromatic hydroxyl groups is 1. The van der Waals surface area contributed by atoms with Gasteiger partial charge in [0.05, 0.1) is 5.69 Å². The molecule has 0 radical (unpaired) electrons. The van der Waals surface area contributed by atoms with E-state index in [9.17, 15) is 9.90 Å². The largest absolute Gasteiger partial charge is 0.506 e. The van der Waals surface area contributed by atoms with Gasteiger partial charge in [-0.15, -0.1) is 0 Å². The third-order valence-electron chi connectivity index (χ3n) is 4.35. The second-order valence-corrected chi connectivity index (χ2v) is 6.68. The number of nitrogens with one attached hydrogen (secondary N) is 1. The van der Waals surface area contributed by atoms with Gasteiger partial charge >= 0.3 is 0 Å². The molecule has 1 aromatic carbocycles. The molecule has 1 rings (SSSR count). The molecular formula is C20H35N3O2. The van der Waals surface area contributed by atoms with Crippen molar-refractivity contribution in [1.29, 1.82) is 0 Å². The lowest BCUT2D eigenvalue weighted by atomic mass is 10.1. The van der Waals surface area contributed by atoms with Gasteiger partial charge < -0.3 is 21.1 Å². The lowest BCUT2D eigenvalue weighted by Gasteiger charge is -2.21. The minimum atomic E-state index is -0.00101. The SMILES string of the molecule is CCCCN(CCCC)CCCCCC(=O)Nc1ccc(O)c(N)c1. The fraction of sp³-hybridized carbons (Fsp3) is 0.650. The van der Waals surface area contributed by atoms with Gasteiger partial charge in [0.1, 0.15) is 5.75 Å². The van der Waals surface area contributed by atoms with Crippen LogP contribution in [0.4, 0.5) is 11.4 Å². The Hall–Kier alpha value is -1.75. The predicted molar refractivity (Wildman–Crippen MR) is 106 cm³/mol. The number of phenols is 1. The molecular weight excluding hydrogens is 314 g/mol. The second-order valence-electron chi connectivity index (χ2n) is 6.68. The van der Waals surface area contributed by atoms with E-state index >= 15 is 0 Å². The quantitative estimate of drug-likeness (QED) is 0.214. The van der Waals surface area contributed by atoms with Gasteiger partial charge in [-0.3, -0.25) is 4.79 Å². The van der Waals surface area contributed by atoms with Crippen molar-refractivity contribution in [3.63, 3.8) is 0 Å². The van der Waals surface area contributed by atoms with Crippen LogP contribution in [0.1, 0.15) is 65.2 Å². The molecule has 0 heterocycles. The molecule has 5 nitrogen and oxygen atoms in total. The van der Waals surface area contributed by atoms with Gasteiger partial charge in [0, 0.05) is 12.1 Å². The van der Waals surface area contributed by atoms with Crippen LogP contribution in [0.25, 0.3) is 0 Å². The molecule has 0 bridgehead atoms. The summed E-state index contributed by atoms with van der Waals surface area (Å²) < 4.78 is 0. The molecule has 25 heavy (non-hydrogen) atoms. The molecule has 0 spiro atoms. The van der Waals surface area contributed by atoms with E-state index in [-0.39, 0.29) is 17.3 Å². The Morgan fingerprint density at radius 1 is 1.04 bits per heavy atom. The van der Waals surface area contributed by atoms with Gasteiger partial charge in [-0.1, -0.05) is 33.1 Å². The number of nitrogen functional groups attached to an aromatic ring is 1. The van der Waals surface area contributed by atoms with E-state index in [1.807, 2.05) is 0 Å². The molecule has 4 N–H and O–H groups in total. The lowest BCUT2D eigenvalue weighted by molar-refractivity contribution is -0.116. The molecule has 0 aliphatic heterocycles. The van der Waals surface area contributed by atoms with Crippen LogP contribution < -0.4 is 11.1 Å². The van der Waals surface area contributed by atoms with Gasteiger partial charge in [-0.05, 0) is 63.5 Å². The normalized spacial score (nSPS) is 11.0. The monoisotopic (exact) mass is 349 g/mol. The van der Waals surface area contributed by atoms with Crippen LogP contribution in [-0.2, 0) is 4.79 Å². The van der Waals surface area contributed by atoms with Gasteiger partial charge in [0.2, 0.25) is 5.91 Å². The highest BCUT2D eigenvalue weighted by atomic mass is 16.3. The fourth-order valence-electron chi connectivity index (χ4n) is 2.75. The Morgan fingerprint density at radius 2 is 1.68 bits per heavy atom. The topological polar surface area (TPSA) is 78.6 Å². The first-order chi connectivity index (χ1) is 12.1. The summed E-state index contributed by atoms with van der Waals surface area (Å²) in [4.78, 5) is 14.5. The smallest absolute Gasteiger partial charge is 0.224 e. The van der Waals surface area contributed by atoms with Crippen LogP contribution in [0, 0.1) is 0 Å². The van der Waals surface area contributed by atoms with Crippen LogP contribution in [0.2, 0.25) is 0 Å². The van der Waals surface area contributed by atoms with Gasteiger partial charge in [0.15, 0.2) is 0 Å². The molecule has 0 fully saturated rings. The van der Waals surface area contributed by atoms with E-state index < -0.39 is 0 Å². The van der Waals surface area contributed by atoms with E-state index in [4.69, 9.17) is 5.73 Å². The third-order valence-corrected chi connectivity index (χ3v) is 4.35. The van der Waals surface area contributed by atoms with Gasteiger partial charge in [-0.25, -0.2) is 0 Å². The number of phenolic OH excluding ortho intramolecular Hbond substituents is 1. The number of anilines is 2. The Kier molecular flexibility index (Phi) is 10.7. The summed E-state index contributed by atoms with van der Waals surface area (Å²) in [5, 5.41) is 12.2. The van der Waals surface area contributed by atoms with E-state index in [1.54, 1.807) is 12.1 Å². The molecule has 0 unspecified atom stereocenters. The molecule has 0 aliphatic carbocycles. The molecule has 0 saturated heterocycles. The maximum absolute atomic E-state index is 12.0. The highest BCUT2D eigenvalue weighted by molar-refractivity contribution is 5.91. The van der Waals surface area contributed by atoms with E-state index in [2.05, 4.69) is 24.1 Å². The molecule has 0 saturated carbocycles. The number of benzene rings is 1. The number of carbonyl (C=O) groups is 1. The number of nitrogens with two attached hydrogens (primary N) is 1. The minimum Gasteiger partial charge on any atom is -0.506 e. The average molecular weight is 350 g/mol. The molecule has 1 aromatic rings. The summed E-state index contributed by atoms with van der Waals surface area (Å²) in [6.45, 7) is 7.99. The van der Waals surface area contributed by atoms with Crippen molar-refractivity contribution in [3.8, 4) is 5.75 Å². The highest BCUT2D eigenvalue weighted by Crippen LogP contribution is 2.23. The number of amides is 1. The van der Waals surface area contributed by atoms with Crippen LogP contribution in [-0.4, -0.2) is 35.5 Å². The van der Waals surface area contributed by atoms with E-state index in [1.165, 1.54) is 44.8 Å². The summed E-state index contributed by atoms with van der Waals surface area (Å²) in [5.74, 6) is 0.0348. The van der Waals surface area contributed by atoms with Crippen LogP contribution in [0.15, 0.2) is 18.2 Å². The summed E-state index contributed by atoms with van der Waals surface area (Å²) in [7, 11) is 0. The maximum Gasteiger partial charge on any atom is 0.224 e. The summed E-state index contributed by atoms with van der Waals surface area (Å²) in [5.41, 5.74) is 6.53. The summed E-state index contributed by atoms with van der Waals surface area (Å²) in [6, 6.07) is 4.72. The molecule has 0 aliphatic rings. The first kappa shape index (κ1) is 21.3. The van der Waals surface area contributed by atoms with Crippen molar-refractivity contribution in [2.45, 2.75) is 65.2 Å². The first-order valence-electron chi connectivity index (χ1n) is 9.67. The maximum atomic E-state index is 12.0. The standard InChI is InChI=1S/C20H35N3O2/c1-3-5-13-23(14-6-4-2)15-9-7-8-10-20(25)22-17-11-12-19(24)18(21)16-17/h11-12,16,24H,3-10,13-15,21H2,1-2H3,(H,22,25). The number of nitrogens with zero attached hydrogens (tertiary/aromatic N) is 1. The molecule has 5 heteroatoms. The molecule has 0 atom stereocenters. The molecule has 0 aromatic heterocycles. The Balaban J connectivity index is 2.20. The molecule has 1 amide bonds. The van der Waals surface area contributed by atoms with Gasteiger partial charge in [0.25, 0.3) is 0 Å². The molecule has 142 valence electrons. The van der Waals surface area contributed by atoms with Crippen molar-refractivity contribution in [2.75, 3.05) is 30.7 Å². The first-order valence-corrected chi connectivity index (χ1v) is 9.67. The highest BCUT2D eigenvalue weighted by Gasteiger charge is 2.06. The van der Waals surface area contributed by atoms with Crippen LogP contribution in [0.5, 0.6) is 5.75 Å². The number of unbranched alkanes of at least 4 members (excludes halogenated alkanes) is 4. The second kappa shape index (κ2) is 12.6. The number of rotatable bonds is 13. The minimum absolute atomic E-state index is 0.00101. The third kappa shape index (κ3) is 9.34. The predicted octanol–water partition coefficient (Wildman–Crippen LogP) is 4.38. The van der Waals surface area contributed by atoms with Crippen molar-refractivity contribution in [2.24, 2.45) is 0 Å². The zero-order valence-electron chi connectivity index (χ0n) is 15.9. The summed E-state index contributed by atoms with van der Waals surface area (Å²) >= 11 is 0. The average Bonchev–Trinajstić information content (AvgIpc) is 2.59. The van der Waals surface area contributed by atoms with E-state index in [0.29, 0.717) is 12.1 Å².